The van der Waals surface area contributed by atoms with Crippen LogP contribution in [0.3, 0.4) is 0 Å². The molecule has 2 aliphatic rings. The van der Waals surface area contributed by atoms with Gasteiger partial charge in [-0.2, -0.15) is 0 Å². The van der Waals surface area contributed by atoms with Crippen molar-refractivity contribution in [1.29, 1.82) is 0 Å². The van der Waals surface area contributed by atoms with E-state index < -0.39 is 0 Å². The summed E-state index contributed by atoms with van der Waals surface area (Å²) in [5.41, 5.74) is 8.54. The van der Waals surface area contributed by atoms with Crippen molar-refractivity contribution in [2.24, 2.45) is 0 Å². The fourth-order valence-corrected chi connectivity index (χ4v) is 5.16. The fraction of sp³-hybridized carbons (Fsp3) is 0.471. The molecule has 2 heterocycles. The van der Waals surface area contributed by atoms with Gasteiger partial charge in [-0.15, -0.1) is 10.2 Å². The summed E-state index contributed by atoms with van der Waals surface area (Å²) in [4.78, 5) is 16.9. The van der Waals surface area contributed by atoms with Crippen LogP contribution in [0.15, 0.2) is 28.6 Å². The van der Waals surface area contributed by atoms with Crippen LogP contribution in [0.2, 0.25) is 0 Å². The van der Waals surface area contributed by atoms with Gasteiger partial charge in [0.1, 0.15) is 0 Å². The second-order valence-electron chi connectivity index (χ2n) is 6.44. The van der Waals surface area contributed by atoms with Crippen LogP contribution in [-0.4, -0.2) is 63.9 Å². The van der Waals surface area contributed by atoms with Crippen molar-refractivity contribution < 1.29 is 4.79 Å². The highest BCUT2D eigenvalue weighted by molar-refractivity contribution is 8.01. The summed E-state index contributed by atoms with van der Waals surface area (Å²) < 4.78 is 0.758. The molecule has 25 heavy (non-hydrogen) atoms. The number of carbonyl (C=O) groups is 1. The highest BCUT2D eigenvalue weighted by Crippen LogP contribution is 2.27. The van der Waals surface area contributed by atoms with Crippen molar-refractivity contribution in [3.8, 4) is 0 Å². The molecule has 4 rings (SSSR count). The Bertz CT molecular complexity index is 732. The van der Waals surface area contributed by atoms with Crippen molar-refractivity contribution in [2.75, 3.05) is 37.7 Å². The first-order valence-electron chi connectivity index (χ1n) is 8.49. The lowest BCUT2D eigenvalue weighted by Gasteiger charge is -2.38. The number of thioether (sulfide) groups is 1. The molecule has 0 spiro atoms. The van der Waals surface area contributed by atoms with E-state index in [0.717, 1.165) is 43.4 Å². The fourth-order valence-electron chi connectivity index (χ4n) is 3.62. The van der Waals surface area contributed by atoms with Gasteiger partial charge >= 0.3 is 0 Å². The maximum Gasteiger partial charge on any atom is 0.233 e. The standard InChI is InChI=1S/C17H21N5OS2/c18-16-19-20-17(25-16)24-11-15(23)22-7-5-21(6-8-22)14-9-12-3-1-2-4-13(12)10-14/h1-4,14H,5-11H2,(H2,18,19). The van der Waals surface area contributed by atoms with E-state index in [0.29, 0.717) is 16.9 Å². The van der Waals surface area contributed by atoms with Crippen LogP contribution in [0, 0.1) is 0 Å². The largest absolute Gasteiger partial charge is 0.374 e. The first-order chi connectivity index (χ1) is 12.2. The van der Waals surface area contributed by atoms with E-state index in [1.54, 1.807) is 0 Å². The zero-order chi connectivity index (χ0) is 17.2. The minimum absolute atomic E-state index is 0.174. The molecule has 2 N–H and O–H groups in total. The quantitative estimate of drug-likeness (QED) is 0.817. The molecule has 0 radical (unpaired) electrons. The Labute approximate surface area is 155 Å². The van der Waals surface area contributed by atoms with Gasteiger partial charge in [-0.3, -0.25) is 9.69 Å². The number of amides is 1. The Hall–Kier alpha value is -1.64. The number of aromatic nitrogens is 2. The molecule has 0 unspecified atom stereocenters. The second-order valence-corrected chi connectivity index (χ2v) is 8.67. The third-order valence-corrected chi connectivity index (χ3v) is 6.82. The molecule has 0 bridgehead atoms. The summed E-state index contributed by atoms with van der Waals surface area (Å²) in [7, 11) is 0. The summed E-state index contributed by atoms with van der Waals surface area (Å²) in [5.74, 6) is 0.580. The number of fused-ring (bicyclic) bond motifs is 1. The topological polar surface area (TPSA) is 75.3 Å². The minimum atomic E-state index is 0.174. The molecule has 0 atom stereocenters. The molecule has 1 aromatic carbocycles. The first-order valence-corrected chi connectivity index (χ1v) is 10.3. The number of piperazine rings is 1. The molecule has 1 aliphatic carbocycles. The number of carbonyl (C=O) groups excluding carboxylic acids is 1. The number of nitrogen functional groups attached to an aromatic ring is 1. The van der Waals surface area contributed by atoms with Crippen molar-refractivity contribution in [2.45, 2.75) is 23.2 Å². The van der Waals surface area contributed by atoms with E-state index in [1.807, 2.05) is 4.90 Å². The molecular formula is C17H21N5OS2. The molecule has 132 valence electrons. The Balaban J connectivity index is 1.25. The number of benzene rings is 1. The molecule has 1 amide bonds. The van der Waals surface area contributed by atoms with E-state index in [1.165, 1.54) is 34.2 Å². The lowest BCUT2D eigenvalue weighted by atomic mass is 10.1. The van der Waals surface area contributed by atoms with Gasteiger partial charge in [0.25, 0.3) is 0 Å². The van der Waals surface area contributed by atoms with Gasteiger partial charge in [0, 0.05) is 32.2 Å². The minimum Gasteiger partial charge on any atom is -0.374 e. The molecule has 0 saturated carbocycles. The zero-order valence-corrected chi connectivity index (χ0v) is 15.6. The predicted molar refractivity (Wildman–Crippen MR) is 101 cm³/mol. The van der Waals surface area contributed by atoms with Crippen LogP contribution in [0.4, 0.5) is 5.13 Å². The maximum absolute atomic E-state index is 12.4. The van der Waals surface area contributed by atoms with Gasteiger partial charge in [-0.05, 0) is 24.0 Å². The Kier molecular flexibility index (Phi) is 4.91. The van der Waals surface area contributed by atoms with E-state index in [4.69, 9.17) is 5.73 Å². The number of nitrogens with zero attached hydrogens (tertiary/aromatic N) is 4. The number of hydrogen-bond acceptors (Lipinski definition) is 7. The van der Waals surface area contributed by atoms with Crippen molar-refractivity contribution >= 4 is 34.1 Å². The van der Waals surface area contributed by atoms with Crippen LogP contribution < -0.4 is 5.73 Å². The van der Waals surface area contributed by atoms with Crippen LogP contribution in [-0.2, 0) is 17.6 Å². The van der Waals surface area contributed by atoms with Gasteiger partial charge in [0.15, 0.2) is 4.34 Å². The summed E-state index contributed by atoms with van der Waals surface area (Å²) in [6.07, 6.45) is 2.27. The summed E-state index contributed by atoms with van der Waals surface area (Å²) in [5, 5.41) is 8.16. The molecule has 1 saturated heterocycles. The van der Waals surface area contributed by atoms with Gasteiger partial charge in [0.05, 0.1) is 5.75 Å². The van der Waals surface area contributed by atoms with E-state index in [-0.39, 0.29) is 5.91 Å². The second kappa shape index (κ2) is 7.31. The normalized spacial score (nSPS) is 18.5. The van der Waals surface area contributed by atoms with E-state index in [2.05, 4.69) is 39.4 Å². The smallest absolute Gasteiger partial charge is 0.233 e. The van der Waals surface area contributed by atoms with Gasteiger partial charge in [-0.25, -0.2) is 0 Å². The van der Waals surface area contributed by atoms with E-state index >= 15 is 0 Å². The summed E-state index contributed by atoms with van der Waals surface area (Å²) in [6.45, 7) is 3.54. The van der Waals surface area contributed by atoms with Crippen LogP contribution in [0.1, 0.15) is 11.1 Å². The Morgan fingerprint density at radius 1 is 1.16 bits per heavy atom. The molecule has 2 aromatic rings. The van der Waals surface area contributed by atoms with Gasteiger partial charge in [-0.1, -0.05) is 47.4 Å². The highest BCUT2D eigenvalue weighted by Gasteiger charge is 2.30. The zero-order valence-electron chi connectivity index (χ0n) is 13.9. The predicted octanol–water partition coefficient (Wildman–Crippen LogP) is 1.52. The lowest BCUT2D eigenvalue weighted by Crippen LogP contribution is -2.52. The molecule has 6 nitrogen and oxygen atoms in total. The summed E-state index contributed by atoms with van der Waals surface area (Å²) in [6, 6.07) is 9.33. The Morgan fingerprint density at radius 3 is 2.44 bits per heavy atom. The third-order valence-electron chi connectivity index (χ3n) is 4.95. The molecule has 1 aliphatic heterocycles. The molecule has 1 aromatic heterocycles. The third kappa shape index (κ3) is 3.80. The number of nitrogens with two attached hydrogens (primary N) is 1. The van der Waals surface area contributed by atoms with Crippen molar-refractivity contribution in [1.82, 2.24) is 20.0 Å². The number of anilines is 1. The van der Waals surface area contributed by atoms with Gasteiger partial charge < -0.3 is 10.6 Å². The van der Waals surface area contributed by atoms with E-state index in [9.17, 15) is 4.79 Å². The van der Waals surface area contributed by atoms with Gasteiger partial charge in [0.2, 0.25) is 11.0 Å². The first kappa shape index (κ1) is 16.8. The summed E-state index contributed by atoms with van der Waals surface area (Å²) >= 11 is 2.75. The Morgan fingerprint density at radius 2 is 1.84 bits per heavy atom. The van der Waals surface area contributed by atoms with Crippen molar-refractivity contribution in [3.63, 3.8) is 0 Å². The highest BCUT2D eigenvalue weighted by atomic mass is 32.2. The SMILES string of the molecule is Nc1nnc(SCC(=O)N2CCN(C3Cc4ccccc4C3)CC2)s1. The van der Waals surface area contributed by atoms with Crippen LogP contribution >= 0.6 is 23.1 Å². The monoisotopic (exact) mass is 375 g/mol. The lowest BCUT2D eigenvalue weighted by molar-refractivity contribution is -0.130. The average molecular weight is 376 g/mol. The maximum atomic E-state index is 12.4. The van der Waals surface area contributed by atoms with Crippen molar-refractivity contribution in [3.05, 3.63) is 35.4 Å². The average Bonchev–Trinajstić information content (AvgIpc) is 3.25. The molecule has 8 heteroatoms. The molecule has 1 fully saturated rings. The molecular weight excluding hydrogens is 354 g/mol. The number of hydrogen-bond donors (Lipinski definition) is 1. The van der Waals surface area contributed by atoms with Crippen LogP contribution in [0.25, 0.3) is 0 Å². The van der Waals surface area contributed by atoms with Crippen LogP contribution in [0.5, 0.6) is 0 Å². The number of rotatable bonds is 4.